The van der Waals surface area contributed by atoms with Crippen LogP contribution in [0, 0.1) is 27.6 Å². The monoisotopic (exact) mass is 2100 g/mol. The van der Waals surface area contributed by atoms with Gasteiger partial charge in [0, 0.05) is 317 Å². The maximum Gasteiger partial charge on any atom is 0.319 e. The second kappa shape index (κ2) is 66.7. The number of nitrogens with one attached hydrogen (secondary N) is 2. The van der Waals surface area contributed by atoms with Crippen molar-refractivity contribution in [2.24, 2.45) is 27.6 Å². The third-order valence-corrected chi connectivity index (χ3v) is 30.4. The van der Waals surface area contributed by atoms with Gasteiger partial charge in [-0.05, 0) is 267 Å². The number of aromatic nitrogens is 2. The van der Waals surface area contributed by atoms with Gasteiger partial charge >= 0.3 is 11.9 Å². The van der Waals surface area contributed by atoms with Crippen molar-refractivity contribution in [1.82, 2.24) is 94.1 Å². The van der Waals surface area contributed by atoms with Crippen LogP contribution < -0.4 is 10.6 Å². The lowest BCUT2D eigenvalue weighted by atomic mass is 9.88. The van der Waals surface area contributed by atoms with Gasteiger partial charge in [-0.15, -0.1) is 0 Å². The van der Waals surface area contributed by atoms with Crippen molar-refractivity contribution in [2.75, 3.05) is 282 Å². The van der Waals surface area contributed by atoms with Crippen LogP contribution in [0.3, 0.4) is 0 Å². The van der Waals surface area contributed by atoms with E-state index in [-0.39, 0.29) is 29.0 Å². The van der Waals surface area contributed by atoms with Crippen LogP contribution in [0.5, 0.6) is 0 Å². The number of hydrogen-bond donors (Lipinski definition) is 2. The molecule has 150 heavy (non-hydrogen) atoms. The molecular weight excluding hydrogens is 1860 g/mol. The third-order valence-electron chi connectivity index (χ3n) is 30.4. The number of benzene rings is 2. The van der Waals surface area contributed by atoms with Crippen LogP contribution in [-0.4, -0.2) is 423 Å². The largest absolute Gasteiger partial charge is 0.468 e. The molecule has 10 fully saturated rings. The highest BCUT2D eigenvalue weighted by molar-refractivity contribution is 5.71. The molecule has 10 aliphatic rings. The summed E-state index contributed by atoms with van der Waals surface area (Å²) >= 11 is 0. The molecule has 25 nitrogen and oxygen atoms in total. The van der Waals surface area contributed by atoms with Gasteiger partial charge in [0.25, 0.3) is 0 Å². The average molecular weight is 2100 g/mol. The lowest BCUT2D eigenvalue weighted by Crippen LogP contribution is -2.57. The summed E-state index contributed by atoms with van der Waals surface area (Å²) in [5.41, 5.74) is 9.04. The van der Waals surface area contributed by atoms with Crippen molar-refractivity contribution in [3.8, 4) is 0 Å². The summed E-state index contributed by atoms with van der Waals surface area (Å²) in [5.74, 6) is 0.634. The van der Waals surface area contributed by atoms with Crippen LogP contribution in [0.2, 0.25) is 0 Å². The van der Waals surface area contributed by atoms with Gasteiger partial charge in [0.05, 0.1) is 45.8 Å². The zero-order valence-corrected chi connectivity index (χ0v) is 104. The smallest absolute Gasteiger partial charge is 0.319 e. The standard InChI is InChI=1S/C16H26N2.C15H24N2.C14H29N3O.C13H26N2O.C12H26N2.2C12H20N2.C11H22N2O2.C11H24N2.C9H16O2/c1-14(15-8-6-5-7-9-15)17-10-12-18(13-11-17)16(2,3)4;1-15(2,3)17-11-9-16(10-12-17)13-14-7-5-4-6-8-14;1-14(2,3)17-8-6-15(7-9-17)4-5-16-10-12-18-13-11-16;1-12(2,3)15-7-5-14(6-8-15)9-13(4)10-16-11-13;1-11(2)10-13-6-8-14(9-7-13)12(3,4)5;1-12(2,3)6-9-14-10-11-4-7-13-8-5-11;1-12(2,3)7-9-13-10-11-6-4-5-8-14-11;1-11(2,3)13-7-5-12(6-8-13)9-10(14)15-4;1-5-6-12-7-9-13(10-8-12)11(2,3)4;1-9(2,3)6-7-4-5-8(10)11-7/h5-9,14H,10-13H2,1-4H3;4-8H,9-13H2,1-3H3;4-13H2,1-3H3;5-11H2,1-4H3;11H,6-10H2,1-5H3;4-5,7-8,14H,6,9-10H2,1-3H3;4-6,8,13H,7,9-10H2,1-3H3;5-9H2,1-4H3;5-10H2,1-4H3;7H,4-6H2,1-3H3. The fraction of sp³-hybridized carbons (Fsp3) is 0.808. The van der Waals surface area contributed by atoms with Crippen LogP contribution in [-0.2, 0) is 48.2 Å². The number of ether oxygens (including phenoxy) is 4. The third kappa shape index (κ3) is 59.5. The Morgan fingerprint density at radius 3 is 1.14 bits per heavy atom. The minimum atomic E-state index is -0.140. The molecular formula is C125H233N19O6. The van der Waals surface area contributed by atoms with E-state index in [0.717, 1.165) is 123 Å². The fourth-order valence-electron chi connectivity index (χ4n) is 20.2. The molecule has 10 aliphatic heterocycles. The van der Waals surface area contributed by atoms with E-state index < -0.39 is 0 Å². The number of carbonyl (C=O) groups is 2. The van der Waals surface area contributed by atoms with E-state index in [4.69, 9.17) is 14.2 Å². The summed E-state index contributed by atoms with van der Waals surface area (Å²) in [6.07, 6.45) is 11.9. The molecule has 864 valence electrons. The van der Waals surface area contributed by atoms with Gasteiger partial charge in [0.2, 0.25) is 0 Å². The second-order valence-corrected chi connectivity index (χ2v) is 55.3. The molecule has 2 N–H and O–H groups in total. The van der Waals surface area contributed by atoms with E-state index in [1.165, 1.54) is 233 Å². The van der Waals surface area contributed by atoms with Crippen molar-refractivity contribution in [1.29, 1.82) is 0 Å². The second-order valence-electron chi connectivity index (χ2n) is 55.3. The number of morpholine rings is 1. The quantitative estimate of drug-likeness (QED) is 0.0501. The van der Waals surface area contributed by atoms with Crippen LogP contribution in [0.25, 0.3) is 0 Å². The van der Waals surface area contributed by atoms with E-state index >= 15 is 0 Å². The van der Waals surface area contributed by atoms with E-state index in [1.54, 1.807) is 0 Å². The van der Waals surface area contributed by atoms with Crippen LogP contribution in [0.1, 0.15) is 309 Å². The molecule has 25 heteroatoms. The number of esters is 2. The number of methoxy groups -OCH3 is 1. The normalized spacial score (nSPS) is 20.8. The number of pyridine rings is 2. The van der Waals surface area contributed by atoms with Gasteiger partial charge in [-0.3, -0.25) is 78.4 Å². The fourth-order valence-corrected chi connectivity index (χ4v) is 20.2. The molecule has 0 radical (unpaired) electrons. The summed E-state index contributed by atoms with van der Waals surface area (Å²) < 4.78 is 20.5. The summed E-state index contributed by atoms with van der Waals surface area (Å²) in [6.45, 7) is 131. The summed E-state index contributed by atoms with van der Waals surface area (Å²) in [4.78, 5) is 68.2. The Bertz CT molecular complexity index is 4020. The molecule has 0 saturated carbocycles. The summed E-state index contributed by atoms with van der Waals surface area (Å²) in [5, 5.41) is 6.83. The molecule has 2 atom stereocenters. The Morgan fingerprint density at radius 1 is 0.407 bits per heavy atom. The number of cyclic esters (lactones) is 1. The van der Waals surface area contributed by atoms with Crippen molar-refractivity contribution in [3.05, 3.63) is 132 Å². The van der Waals surface area contributed by atoms with Crippen molar-refractivity contribution in [2.45, 2.75) is 351 Å². The van der Waals surface area contributed by atoms with Gasteiger partial charge in [-0.2, -0.15) is 0 Å². The molecule has 0 amide bonds. The zero-order chi connectivity index (χ0) is 112. The highest BCUT2D eigenvalue weighted by Crippen LogP contribution is 2.32. The van der Waals surface area contributed by atoms with Gasteiger partial charge in [0.1, 0.15) is 6.10 Å². The van der Waals surface area contributed by atoms with Gasteiger partial charge in [-0.1, -0.05) is 157 Å². The first kappa shape index (κ1) is 135. The first-order chi connectivity index (χ1) is 70.0. The lowest BCUT2D eigenvalue weighted by molar-refractivity contribution is -0.143. The molecule has 10 saturated heterocycles. The van der Waals surface area contributed by atoms with E-state index in [2.05, 4.69) is 402 Å². The Labute approximate surface area is 922 Å². The number of piperazine rings is 7. The van der Waals surface area contributed by atoms with Crippen molar-refractivity contribution >= 4 is 11.9 Å². The Morgan fingerprint density at radius 2 is 0.780 bits per heavy atom. The maximum absolute atomic E-state index is 11.1. The number of nitrogens with zero attached hydrogens (tertiary/aromatic N) is 17. The molecule has 2 aromatic heterocycles. The van der Waals surface area contributed by atoms with Crippen LogP contribution in [0.4, 0.5) is 0 Å². The number of hydrogen-bond acceptors (Lipinski definition) is 25. The molecule has 0 bridgehead atoms. The van der Waals surface area contributed by atoms with E-state index in [0.29, 0.717) is 68.5 Å². The van der Waals surface area contributed by atoms with Gasteiger partial charge < -0.3 is 44.3 Å². The topological polar surface area (TPSA) is 169 Å². The zero-order valence-electron chi connectivity index (χ0n) is 104. The number of carbonyl (C=O) groups excluding carboxylic acids is 2. The van der Waals surface area contributed by atoms with Gasteiger partial charge in [-0.25, -0.2) is 0 Å². The molecule has 14 rings (SSSR count). The Kier molecular flexibility index (Phi) is 60.2. The van der Waals surface area contributed by atoms with Gasteiger partial charge in [0.15, 0.2) is 0 Å². The lowest BCUT2D eigenvalue weighted by Gasteiger charge is -2.46. The highest BCUT2D eigenvalue weighted by Gasteiger charge is 2.39. The molecule has 0 aliphatic carbocycles. The summed E-state index contributed by atoms with van der Waals surface area (Å²) in [7, 11) is 1.44. The first-order valence-corrected chi connectivity index (χ1v) is 58.7. The van der Waals surface area contributed by atoms with Crippen LogP contribution in [0.15, 0.2) is 110 Å². The Hall–Kier alpha value is -5.08. The molecule has 0 spiro atoms. The van der Waals surface area contributed by atoms with Crippen LogP contribution >= 0.6 is 0 Å². The first-order valence-electron chi connectivity index (χ1n) is 58.7. The minimum absolute atomic E-state index is 0.0285. The molecule has 2 aromatic carbocycles. The van der Waals surface area contributed by atoms with E-state index in [1.807, 2.05) is 48.9 Å². The molecule has 12 heterocycles. The molecule has 4 aromatic rings. The van der Waals surface area contributed by atoms with Crippen molar-refractivity contribution in [3.63, 3.8) is 0 Å². The average Bonchev–Trinajstić information content (AvgIpc) is 0.890. The summed E-state index contributed by atoms with van der Waals surface area (Å²) in [6, 6.07) is 32.2. The SMILES string of the molecule is CC(C)(C)CC1CCC(=O)O1.CC(C)(C)CCNCc1ccccn1.CC(C)(C)CCNCc1ccncc1.CC(C)(C)N1CCN(CCN2CCOCC2)CC1.CC(C)(C)N1CCN(Cc2ccccc2)CC1.CC(C)CN1CCN(C(C)(C)C)CC1.CC(c1ccccc1)N1CCN(C(C)(C)C)CC1.CC1(CN2CCN(C(C)(C)C)CC2)COC1.CCCN1CCN(C(C)(C)C)CC1.COC(=O)CN1CCN(C(C)(C)C)CC1. The maximum atomic E-state index is 11.1. The highest BCUT2D eigenvalue weighted by atomic mass is 16.5. The molecule has 2 unspecified atom stereocenters. The Balaban J connectivity index is 0.000000294. The minimum Gasteiger partial charge on any atom is -0.468 e. The predicted octanol–water partition coefficient (Wildman–Crippen LogP) is 19.7. The van der Waals surface area contributed by atoms with E-state index in [9.17, 15) is 9.59 Å². The number of rotatable bonds is 24. The predicted molar refractivity (Wildman–Crippen MR) is 636 cm³/mol. The van der Waals surface area contributed by atoms with Crippen molar-refractivity contribution < 1.29 is 28.5 Å².